The molecule has 0 aliphatic heterocycles. The molecule has 1 aliphatic rings. The molecular formula is C21H36O2Si. The predicted molar refractivity (Wildman–Crippen MR) is 105 cm³/mol. The summed E-state index contributed by atoms with van der Waals surface area (Å²) in [5.74, 6) is 0.721. The first-order valence-electron chi connectivity index (χ1n) is 9.62. The van der Waals surface area contributed by atoms with Crippen LogP contribution in [-0.2, 0) is 10.8 Å². The Balaban J connectivity index is 2.18. The summed E-state index contributed by atoms with van der Waals surface area (Å²) in [4.78, 5) is 0. The molecule has 0 heterocycles. The third kappa shape index (κ3) is 5.43. The highest BCUT2D eigenvalue weighted by molar-refractivity contribution is 6.48. The molecule has 3 unspecified atom stereocenters. The molecule has 3 atom stereocenters. The Labute approximate surface area is 150 Å². The van der Waals surface area contributed by atoms with E-state index in [0.29, 0.717) is 11.8 Å². The van der Waals surface area contributed by atoms with Gasteiger partial charge in [-0.1, -0.05) is 57.5 Å². The molecule has 1 aromatic carbocycles. The Hall–Kier alpha value is -0.643. The Morgan fingerprint density at radius 1 is 1.12 bits per heavy atom. The first-order valence-corrected chi connectivity index (χ1v) is 12.4. The molecule has 0 spiro atoms. The zero-order valence-corrected chi connectivity index (χ0v) is 17.4. The lowest BCUT2D eigenvalue weighted by atomic mass is 9.70. The van der Waals surface area contributed by atoms with Crippen LogP contribution in [0.1, 0.15) is 58.4 Å². The van der Waals surface area contributed by atoms with Gasteiger partial charge in [0.2, 0.25) is 0 Å². The van der Waals surface area contributed by atoms with Gasteiger partial charge in [0.25, 0.3) is 0 Å². The van der Waals surface area contributed by atoms with Crippen LogP contribution in [0.4, 0.5) is 0 Å². The molecule has 2 rings (SSSR count). The largest absolute Gasteiger partial charge is 0.415 e. The van der Waals surface area contributed by atoms with Crippen LogP contribution in [0.25, 0.3) is 0 Å². The molecule has 1 aliphatic carbocycles. The Bertz CT molecular complexity index is 494. The Morgan fingerprint density at radius 2 is 1.79 bits per heavy atom. The van der Waals surface area contributed by atoms with Gasteiger partial charge >= 0.3 is 0 Å². The van der Waals surface area contributed by atoms with E-state index in [1.807, 2.05) is 6.07 Å². The van der Waals surface area contributed by atoms with E-state index >= 15 is 0 Å². The fourth-order valence-corrected chi connectivity index (χ4v) is 5.17. The second-order valence-corrected chi connectivity index (χ2v) is 11.3. The average Bonchev–Trinajstić information content (AvgIpc) is 2.47. The summed E-state index contributed by atoms with van der Waals surface area (Å²) < 4.78 is 6.36. The number of rotatable bonds is 4. The number of hydrogen-bond donors (Lipinski definition) is 1. The van der Waals surface area contributed by atoms with E-state index in [0.717, 1.165) is 31.6 Å². The van der Waals surface area contributed by atoms with Gasteiger partial charge in [-0.3, -0.25) is 0 Å². The molecule has 2 nitrogen and oxygen atoms in total. The van der Waals surface area contributed by atoms with E-state index in [2.05, 4.69) is 58.1 Å². The molecule has 24 heavy (non-hydrogen) atoms. The first kappa shape index (κ1) is 19.7. The van der Waals surface area contributed by atoms with Crippen molar-refractivity contribution in [2.24, 2.45) is 11.3 Å². The van der Waals surface area contributed by atoms with Crippen molar-refractivity contribution >= 4 is 9.04 Å². The topological polar surface area (TPSA) is 29.5 Å². The fourth-order valence-electron chi connectivity index (χ4n) is 4.12. The van der Waals surface area contributed by atoms with Gasteiger partial charge < -0.3 is 9.53 Å². The van der Waals surface area contributed by atoms with Gasteiger partial charge in [0.05, 0.1) is 11.7 Å². The van der Waals surface area contributed by atoms with Crippen molar-refractivity contribution in [1.82, 2.24) is 0 Å². The minimum atomic E-state index is -1.19. The summed E-state index contributed by atoms with van der Waals surface area (Å²) in [7, 11) is -1.19. The van der Waals surface area contributed by atoms with Gasteiger partial charge in [0.15, 0.2) is 9.04 Å². The second kappa shape index (κ2) is 8.16. The van der Waals surface area contributed by atoms with Gasteiger partial charge in [0, 0.05) is 6.42 Å². The minimum absolute atomic E-state index is 0.0190. The molecule has 0 aromatic heterocycles. The lowest BCUT2D eigenvalue weighted by molar-refractivity contribution is -0.0837. The maximum absolute atomic E-state index is 11.5. The quantitative estimate of drug-likeness (QED) is 0.780. The Kier molecular flexibility index (Phi) is 6.69. The minimum Gasteiger partial charge on any atom is -0.415 e. The maximum Gasteiger partial charge on any atom is 0.171 e. The third-order valence-electron chi connectivity index (χ3n) is 5.55. The van der Waals surface area contributed by atoms with E-state index in [4.69, 9.17) is 4.43 Å². The van der Waals surface area contributed by atoms with Crippen molar-refractivity contribution in [1.29, 1.82) is 0 Å². The smallest absolute Gasteiger partial charge is 0.171 e. The summed E-state index contributed by atoms with van der Waals surface area (Å²) in [6, 6.07) is 10.4. The van der Waals surface area contributed by atoms with Gasteiger partial charge in [-0.15, -0.1) is 0 Å². The van der Waals surface area contributed by atoms with E-state index in [1.54, 1.807) is 0 Å². The zero-order valence-electron chi connectivity index (χ0n) is 16.2. The highest BCUT2D eigenvalue weighted by atomic mass is 28.3. The molecule has 1 fully saturated rings. The van der Waals surface area contributed by atoms with Crippen LogP contribution in [0.3, 0.4) is 0 Å². The number of benzene rings is 1. The first-order chi connectivity index (χ1) is 11.2. The summed E-state index contributed by atoms with van der Waals surface area (Å²) in [5.41, 5.74) is 0.836. The summed E-state index contributed by atoms with van der Waals surface area (Å²) >= 11 is 0. The summed E-state index contributed by atoms with van der Waals surface area (Å²) in [6.45, 7) is 11.5. The predicted octanol–water partition coefficient (Wildman–Crippen LogP) is 4.96. The van der Waals surface area contributed by atoms with Crippen molar-refractivity contribution in [3.8, 4) is 0 Å². The molecule has 3 heteroatoms. The molecule has 0 amide bonds. The second-order valence-electron chi connectivity index (χ2n) is 8.97. The fraction of sp³-hybridized carbons (Fsp3) is 0.714. The maximum atomic E-state index is 11.5. The molecule has 0 saturated heterocycles. The summed E-state index contributed by atoms with van der Waals surface area (Å²) in [6.07, 6.45) is 5.98. The van der Waals surface area contributed by atoms with Gasteiger partial charge in [0.1, 0.15) is 0 Å². The zero-order chi connectivity index (χ0) is 17.8. The normalized spacial score (nSPS) is 29.3. The van der Waals surface area contributed by atoms with Crippen LogP contribution in [-0.4, -0.2) is 25.9 Å². The number of aliphatic hydroxyl groups is 1. The molecule has 1 N–H and O–H groups in total. The van der Waals surface area contributed by atoms with Crippen molar-refractivity contribution in [2.75, 3.05) is 0 Å². The number of hydrogen-bond acceptors (Lipinski definition) is 2. The van der Waals surface area contributed by atoms with Crippen molar-refractivity contribution in [3.05, 3.63) is 35.9 Å². The highest BCUT2D eigenvalue weighted by Crippen LogP contribution is 2.40. The lowest BCUT2D eigenvalue weighted by Crippen LogP contribution is -2.49. The molecule has 1 saturated carbocycles. The van der Waals surface area contributed by atoms with Crippen LogP contribution in [0, 0.1) is 11.3 Å². The van der Waals surface area contributed by atoms with Crippen molar-refractivity contribution < 1.29 is 9.53 Å². The van der Waals surface area contributed by atoms with Crippen LogP contribution in [0.5, 0.6) is 0 Å². The highest BCUT2D eigenvalue weighted by Gasteiger charge is 2.40. The standard InChI is InChI=1S/C21H36O2Si/c1-20(2,3)18-12-9-15-21(22,16-17-10-7-6-8-11-17)19(14-13-18)23-24(4)5/h6-8,10-11,18-19,22,24H,9,12-16H2,1-5H3. The molecule has 1 aromatic rings. The Morgan fingerprint density at radius 3 is 2.38 bits per heavy atom. The molecule has 136 valence electrons. The molecule has 0 radical (unpaired) electrons. The van der Waals surface area contributed by atoms with Crippen LogP contribution >= 0.6 is 0 Å². The molecular weight excluding hydrogens is 312 g/mol. The monoisotopic (exact) mass is 348 g/mol. The SMILES string of the molecule is C[SiH](C)OC1CCC(C(C)(C)C)CCCC1(O)Cc1ccccc1. The van der Waals surface area contributed by atoms with Crippen molar-refractivity contribution in [3.63, 3.8) is 0 Å². The van der Waals surface area contributed by atoms with E-state index in [1.165, 1.54) is 12.0 Å². The van der Waals surface area contributed by atoms with E-state index < -0.39 is 14.6 Å². The molecule has 0 bridgehead atoms. The van der Waals surface area contributed by atoms with Crippen LogP contribution in [0.2, 0.25) is 13.1 Å². The van der Waals surface area contributed by atoms with Gasteiger partial charge in [-0.2, -0.15) is 0 Å². The van der Waals surface area contributed by atoms with Gasteiger partial charge in [-0.05, 0) is 55.7 Å². The van der Waals surface area contributed by atoms with E-state index in [-0.39, 0.29) is 6.10 Å². The van der Waals surface area contributed by atoms with Crippen LogP contribution in [0.15, 0.2) is 30.3 Å². The average molecular weight is 349 g/mol. The lowest BCUT2D eigenvalue weighted by Gasteiger charge is -2.42. The van der Waals surface area contributed by atoms with Gasteiger partial charge in [-0.25, -0.2) is 0 Å². The van der Waals surface area contributed by atoms with Crippen LogP contribution < -0.4 is 0 Å². The van der Waals surface area contributed by atoms with Crippen molar-refractivity contribution in [2.45, 2.75) is 84.1 Å². The summed E-state index contributed by atoms with van der Waals surface area (Å²) in [5, 5.41) is 11.5. The van der Waals surface area contributed by atoms with E-state index in [9.17, 15) is 5.11 Å². The third-order valence-corrected chi connectivity index (χ3v) is 6.43.